The van der Waals surface area contributed by atoms with Crippen molar-refractivity contribution in [1.82, 2.24) is 4.31 Å². The fourth-order valence-corrected chi connectivity index (χ4v) is 4.62. The van der Waals surface area contributed by atoms with Gasteiger partial charge in [0, 0.05) is 18.7 Å². The normalized spacial score (nSPS) is 11.5. The predicted octanol–water partition coefficient (Wildman–Crippen LogP) is 3.94. The molecule has 0 saturated heterocycles. The maximum absolute atomic E-state index is 12.8. The van der Waals surface area contributed by atoms with Gasteiger partial charge < -0.3 is 10.1 Å². The number of ether oxygens (including phenoxy) is 1. The SMILES string of the molecule is CCN(CC)S(=O)(=O)c1cc(C(=O)Nc2cc(C)ccc2OC)ccc1Cl. The van der Waals surface area contributed by atoms with Crippen LogP contribution in [0.5, 0.6) is 5.75 Å². The minimum absolute atomic E-state index is 0.0755. The first-order chi connectivity index (χ1) is 12.7. The van der Waals surface area contributed by atoms with Gasteiger partial charge in [0.2, 0.25) is 10.0 Å². The van der Waals surface area contributed by atoms with E-state index in [0.29, 0.717) is 24.5 Å². The topological polar surface area (TPSA) is 75.7 Å². The number of carbonyl (C=O) groups excluding carboxylic acids is 1. The number of amides is 1. The second-order valence-electron chi connectivity index (χ2n) is 5.89. The Hall–Kier alpha value is -2.09. The van der Waals surface area contributed by atoms with E-state index in [4.69, 9.17) is 16.3 Å². The number of anilines is 1. The molecule has 2 aromatic carbocycles. The second kappa shape index (κ2) is 8.73. The Labute approximate surface area is 165 Å². The van der Waals surface area contributed by atoms with Crippen LogP contribution in [0.25, 0.3) is 0 Å². The summed E-state index contributed by atoms with van der Waals surface area (Å²) in [6, 6.07) is 9.60. The van der Waals surface area contributed by atoms with Crippen molar-refractivity contribution in [2.75, 3.05) is 25.5 Å². The molecule has 0 fully saturated rings. The van der Waals surface area contributed by atoms with Crippen LogP contribution in [0.15, 0.2) is 41.3 Å². The lowest BCUT2D eigenvalue weighted by atomic mass is 10.1. The van der Waals surface area contributed by atoms with Gasteiger partial charge in [0.15, 0.2) is 0 Å². The highest BCUT2D eigenvalue weighted by Gasteiger charge is 2.25. The number of hydrogen-bond donors (Lipinski definition) is 1. The lowest BCUT2D eigenvalue weighted by Gasteiger charge is -2.19. The molecule has 8 heteroatoms. The quantitative estimate of drug-likeness (QED) is 0.750. The number of carbonyl (C=O) groups is 1. The molecular formula is C19H23ClN2O4S. The molecule has 0 aliphatic carbocycles. The third kappa shape index (κ3) is 4.61. The fourth-order valence-electron chi connectivity index (χ4n) is 2.66. The van der Waals surface area contributed by atoms with Gasteiger partial charge in [0.1, 0.15) is 10.6 Å². The molecule has 0 aromatic heterocycles. The van der Waals surface area contributed by atoms with Gasteiger partial charge in [0.25, 0.3) is 5.91 Å². The number of rotatable bonds is 7. The summed E-state index contributed by atoms with van der Waals surface area (Å²) >= 11 is 6.11. The lowest BCUT2D eigenvalue weighted by Crippen LogP contribution is -2.31. The molecule has 2 rings (SSSR count). The number of aryl methyl sites for hydroxylation is 1. The van der Waals surface area contributed by atoms with Crippen molar-refractivity contribution < 1.29 is 17.9 Å². The summed E-state index contributed by atoms with van der Waals surface area (Å²) in [5, 5.41) is 2.83. The van der Waals surface area contributed by atoms with Gasteiger partial charge in [-0.25, -0.2) is 8.42 Å². The average Bonchev–Trinajstić information content (AvgIpc) is 2.62. The van der Waals surface area contributed by atoms with E-state index in [9.17, 15) is 13.2 Å². The number of sulfonamides is 1. The summed E-state index contributed by atoms with van der Waals surface area (Å²) in [7, 11) is -2.27. The van der Waals surface area contributed by atoms with Crippen LogP contribution in [0.4, 0.5) is 5.69 Å². The number of benzene rings is 2. The van der Waals surface area contributed by atoms with Gasteiger partial charge in [0.05, 0.1) is 17.8 Å². The Morgan fingerprint density at radius 3 is 2.41 bits per heavy atom. The van der Waals surface area contributed by atoms with Crippen molar-refractivity contribution in [3.63, 3.8) is 0 Å². The van der Waals surface area contributed by atoms with E-state index in [1.807, 2.05) is 13.0 Å². The van der Waals surface area contributed by atoms with Crippen LogP contribution in [0.3, 0.4) is 0 Å². The molecule has 0 unspecified atom stereocenters. The van der Waals surface area contributed by atoms with Crippen LogP contribution in [0.2, 0.25) is 5.02 Å². The van der Waals surface area contributed by atoms with Gasteiger partial charge in [-0.1, -0.05) is 31.5 Å². The molecule has 2 aromatic rings. The van der Waals surface area contributed by atoms with E-state index in [1.165, 1.54) is 29.6 Å². The molecule has 0 heterocycles. The highest BCUT2D eigenvalue weighted by atomic mass is 35.5. The van der Waals surface area contributed by atoms with Crippen molar-refractivity contribution in [2.24, 2.45) is 0 Å². The molecular weight excluding hydrogens is 388 g/mol. The molecule has 0 spiro atoms. The van der Waals surface area contributed by atoms with Crippen molar-refractivity contribution in [1.29, 1.82) is 0 Å². The van der Waals surface area contributed by atoms with Crippen LogP contribution >= 0.6 is 11.6 Å². The number of nitrogens with zero attached hydrogens (tertiary/aromatic N) is 1. The molecule has 0 radical (unpaired) electrons. The lowest BCUT2D eigenvalue weighted by molar-refractivity contribution is 0.102. The Kier molecular flexibility index (Phi) is 6.86. The molecule has 6 nitrogen and oxygen atoms in total. The molecule has 146 valence electrons. The molecule has 0 aliphatic rings. The summed E-state index contributed by atoms with van der Waals surface area (Å²) in [4.78, 5) is 12.6. The van der Waals surface area contributed by atoms with Crippen molar-refractivity contribution in [2.45, 2.75) is 25.7 Å². The Bertz CT molecular complexity index is 941. The van der Waals surface area contributed by atoms with Gasteiger partial charge in [-0.3, -0.25) is 4.79 Å². The molecule has 0 bridgehead atoms. The molecule has 27 heavy (non-hydrogen) atoms. The van der Waals surface area contributed by atoms with Crippen LogP contribution in [-0.2, 0) is 10.0 Å². The zero-order chi connectivity index (χ0) is 20.2. The number of halogens is 1. The van der Waals surface area contributed by atoms with E-state index in [1.54, 1.807) is 26.0 Å². The predicted molar refractivity (Wildman–Crippen MR) is 107 cm³/mol. The summed E-state index contributed by atoms with van der Waals surface area (Å²) in [6.45, 7) is 6.01. The first-order valence-corrected chi connectivity index (χ1v) is 10.3. The maximum Gasteiger partial charge on any atom is 0.255 e. The fraction of sp³-hybridized carbons (Fsp3) is 0.316. The second-order valence-corrected chi connectivity index (χ2v) is 8.21. The monoisotopic (exact) mass is 410 g/mol. The van der Waals surface area contributed by atoms with Gasteiger partial charge >= 0.3 is 0 Å². The van der Waals surface area contributed by atoms with E-state index >= 15 is 0 Å². The Morgan fingerprint density at radius 2 is 1.81 bits per heavy atom. The molecule has 1 N–H and O–H groups in total. The average molecular weight is 411 g/mol. The minimum Gasteiger partial charge on any atom is -0.495 e. The Balaban J connectivity index is 2.41. The van der Waals surface area contributed by atoms with Gasteiger partial charge in [-0.2, -0.15) is 4.31 Å². The van der Waals surface area contributed by atoms with Crippen LogP contribution in [0, 0.1) is 6.92 Å². The third-order valence-electron chi connectivity index (χ3n) is 4.12. The van der Waals surface area contributed by atoms with Crippen LogP contribution < -0.4 is 10.1 Å². The highest BCUT2D eigenvalue weighted by molar-refractivity contribution is 7.89. The molecule has 1 amide bonds. The van der Waals surface area contributed by atoms with Crippen molar-refractivity contribution in [3.05, 3.63) is 52.5 Å². The molecule has 0 atom stereocenters. The standard InChI is InChI=1S/C19H23ClN2O4S/c1-5-22(6-2)27(24,25)18-12-14(8-9-15(18)20)19(23)21-16-11-13(3)7-10-17(16)26-4/h7-12H,5-6H2,1-4H3,(H,21,23). The number of hydrogen-bond acceptors (Lipinski definition) is 4. The van der Waals surface area contributed by atoms with E-state index in [0.717, 1.165) is 5.56 Å². The summed E-state index contributed by atoms with van der Waals surface area (Å²) in [5.74, 6) is 0.0606. The van der Waals surface area contributed by atoms with Gasteiger partial charge in [-0.15, -0.1) is 0 Å². The Morgan fingerprint density at radius 1 is 1.15 bits per heavy atom. The zero-order valence-electron chi connectivity index (χ0n) is 15.7. The number of methoxy groups -OCH3 is 1. The van der Waals surface area contributed by atoms with E-state index < -0.39 is 15.9 Å². The first kappa shape index (κ1) is 21.2. The largest absolute Gasteiger partial charge is 0.495 e. The first-order valence-electron chi connectivity index (χ1n) is 8.50. The van der Waals surface area contributed by atoms with Crippen molar-refractivity contribution >= 4 is 33.2 Å². The maximum atomic E-state index is 12.8. The van der Waals surface area contributed by atoms with Crippen molar-refractivity contribution in [3.8, 4) is 5.75 Å². The highest BCUT2D eigenvalue weighted by Crippen LogP contribution is 2.28. The van der Waals surface area contributed by atoms with E-state index in [2.05, 4.69) is 5.32 Å². The summed E-state index contributed by atoms with van der Waals surface area (Å²) in [6.07, 6.45) is 0. The molecule has 0 aliphatic heterocycles. The van der Waals surface area contributed by atoms with E-state index in [-0.39, 0.29) is 15.5 Å². The third-order valence-corrected chi connectivity index (χ3v) is 6.65. The van der Waals surface area contributed by atoms with Gasteiger partial charge in [-0.05, 0) is 42.8 Å². The number of nitrogens with one attached hydrogen (secondary N) is 1. The van der Waals surface area contributed by atoms with Crippen LogP contribution in [0.1, 0.15) is 29.8 Å². The van der Waals surface area contributed by atoms with Crippen LogP contribution in [-0.4, -0.2) is 38.8 Å². The minimum atomic E-state index is -3.78. The zero-order valence-corrected chi connectivity index (χ0v) is 17.3. The summed E-state index contributed by atoms with van der Waals surface area (Å²) < 4.78 is 32.1. The molecule has 0 saturated carbocycles. The smallest absolute Gasteiger partial charge is 0.255 e. The summed E-state index contributed by atoms with van der Waals surface area (Å²) in [5.41, 5.74) is 1.64.